The zero-order valence-corrected chi connectivity index (χ0v) is 11.8. The number of anilines is 1. The third kappa shape index (κ3) is 6.58. The molecule has 1 aliphatic rings. The molecule has 5 nitrogen and oxygen atoms in total. The fourth-order valence-electron chi connectivity index (χ4n) is 1.63. The second-order valence-electron chi connectivity index (χ2n) is 4.33. The normalized spacial score (nSPS) is 11.4. The second-order valence-corrected chi connectivity index (χ2v) is 4.33. The van der Waals surface area contributed by atoms with Gasteiger partial charge in [-0.25, -0.2) is 4.79 Å². The number of carbonyl (C=O) groups is 1. The van der Waals surface area contributed by atoms with E-state index in [0.717, 1.165) is 18.5 Å². The summed E-state index contributed by atoms with van der Waals surface area (Å²) in [6, 6.07) is 7.62. The number of nitrogens with two attached hydrogens (primary N) is 1. The van der Waals surface area contributed by atoms with E-state index in [2.05, 4.69) is 22.8 Å². The Balaban J connectivity index is 0.000000206. The van der Waals surface area contributed by atoms with E-state index >= 15 is 0 Å². The molecule has 5 heteroatoms. The highest BCUT2D eigenvalue weighted by atomic mass is 16.2. The van der Waals surface area contributed by atoms with Crippen molar-refractivity contribution in [1.29, 1.82) is 0 Å². The summed E-state index contributed by atoms with van der Waals surface area (Å²) in [4.78, 5) is 10.1. The first-order valence-corrected chi connectivity index (χ1v) is 6.82. The van der Waals surface area contributed by atoms with E-state index in [1.54, 1.807) is 6.21 Å². The third-order valence-electron chi connectivity index (χ3n) is 2.66. The van der Waals surface area contributed by atoms with Crippen LogP contribution >= 0.6 is 0 Å². The van der Waals surface area contributed by atoms with Crippen LogP contribution in [0, 0.1) is 0 Å². The van der Waals surface area contributed by atoms with E-state index in [1.807, 2.05) is 36.4 Å². The number of benzene rings is 1. The average molecular weight is 274 g/mol. The molecule has 4 N–H and O–H groups in total. The van der Waals surface area contributed by atoms with Gasteiger partial charge in [0.05, 0.1) is 5.69 Å². The molecule has 108 valence electrons. The lowest BCUT2D eigenvalue weighted by atomic mass is 10.2. The van der Waals surface area contributed by atoms with Crippen molar-refractivity contribution in [2.45, 2.75) is 26.2 Å². The molecule has 0 bridgehead atoms. The van der Waals surface area contributed by atoms with Crippen LogP contribution in [0.15, 0.2) is 35.4 Å². The van der Waals surface area contributed by atoms with Gasteiger partial charge in [0.15, 0.2) is 0 Å². The predicted octanol–water partition coefficient (Wildman–Crippen LogP) is 2.96. The summed E-state index contributed by atoms with van der Waals surface area (Å²) in [7, 11) is 0. The van der Waals surface area contributed by atoms with E-state index in [4.69, 9.17) is 5.73 Å². The smallest absolute Gasteiger partial charge is 0.312 e. The number of nitrogens with one attached hydrogen (secondary N) is 2. The minimum absolute atomic E-state index is 0.425. The van der Waals surface area contributed by atoms with Gasteiger partial charge in [0.1, 0.15) is 0 Å². The minimum Gasteiger partial charge on any atom is -0.352 e. The topological polar surface area (TPSA) is 79.5 Å². The first-order valence-electron chi connectivity index (χ1n) is 6.82. The number of para-hydroxylation sites is 1. The summed E-state index contributed by atoms with van der Waals surface area (Å²) >= 11 is 0. The Morgan fingerprint density at radius 3 is 2.90 bits per heavy atom. The standard InChI is InChI=1S/C9H8N2.C6H14N2O/c1-2-6-9-8(4-1)5-3-7-10-11-9;1-2-3-4-5-8-6(7)9/h1-7,11H;2-5H2,1H3,(H3,7,8,9). The molecule has 1 aromatic rings. The summed E-state index contributed by atoms with van der Waals surface area (Å²) in [6.07, 6.45) is 9.03. The summed E-state index contributed by atoms with van der Waals surface area (Å²) < 4.78 is 0. The van der Waals surface area contributed by atoms with Crippen LogP contribution in [0.1, 0.15) is 31.7 Å². The van der Waals surface area contributed by atoms with Gasteiger partial charge >= 0.3 is 6.03 Å². The molecular formula is C15H22N4O. The highest BCUT2D eigenvalue weighted by Crippen LogP contribution is 2.17. The van der Waals surface area contributed by atoms with E-state index < -0.39 is 6.03 Å². The molecule has 1 heterocycles. The van der Waals surface area contributed by atoms with E-state index in [1.165, 1.54) is 12.0 Å². The van der Waals surface area contributed by atoms with Crippen LogP contribution in [-0.2, 0) is 0 Å². The molecule has 0 fully saturated rings. The molecule has 2 amide bonds. The van der Waals surface area contributed by atoms with Crippen molar-refractivity contribution < 1.29 is 4.79 Å². The number of hydrazone groups is 1. The molecule has 1 aromatic carbocycles. The van der Waals surface area contributed by atoms with Crippen LogP contribution in [0.2, 0.25) is 0 Å². The van der Waals surface area contributed by atoms with Crippen LogP contribution in [-0.4, -0.2) is 18.8 Å². The van der Waals surface area contributed by atoms with Crippen molar-refractivity contribution in [2.24, 2.45) is 10.8 Å². The molecule has 0 spiro atoms. The fraction of sp³-hybridized carbons (Fsp3) is 0.333. The number of urea groups is 1. The monoisotopic (exact) mass is 274 g/mol. The maximum absolute atomic E-state index is 10.1. The van der Waals surface area contributed by atoms with Gasteiger partial charge in [-0.2, -0.15) is 5.10 Å². The molecule has 0 saturated carbocycles. The lowest BCUT2D eigenvalue weighted by Crippen LogP contribution is -2.29. The highest BCUT2D eigenvalue weighted by Gasteiger charge is 1.96. The number of carbonyl (C=O) groups excluding carboxylic acids is 1. The molecular weight excluding hydrogens is 252 g/mol. The Kier molecular flexibility index (Phi) is 7.57. The van der Waals surface area contributed by atoms with Crippen molar-refractivity contribution in [3.63, 3.8) is 0 Å². The van der Waals surface area contributed by atoms with Crippen LogP contribution in [0.3, 0.4) is 0 Å². The Bertz CT molecular complexity index is 469. The molecule has 0 aliphatic carbocycles. The summed E-state index contributed by atoms with van der Waals surface area (Å²) in [6.45, 7) is 2.83. The Labute approximate surface area is 119 Å². The lowest BCUT2D eigenvalue weighted by molar-refractivity contribution is 0.248. The Morgan fingerprint density at radius 1 is 1.35 bits per heavy atom. The van der Waals surface area contributed by atoms with Gasteiger partial charge in [-0.05, 0) is 24.1 Å². The van der Waals surface area contributed by atoms with Crippen molar-refractivity contribution >= 4 is 24.0 Å². The third-order valence-corrected chi connectivity index (χ3v) is 2.66. The van der Waals surface area contributed by atoms with Gasteiger partial charge in [-0.1, -0.05) is 44.0 Å². The number of rotatable bonds is 4. The van der Waals surface area contributed by atoms with Crippen molar-refractivity contribution in [1.82, 2.24) is 5.32 Å². The molecule has 0 aromatic heterocycles. The molecule has 1 aliphatic heterocycles. The van der Waals surface area contributed by atoms with Crippen LogP contribution < -0.4 is 16.5 Å². The largest absolute Gasteiger partial charge is 0.352 e. The SMILES string of the molecule is C1=Cc2ccccc2NN=C1.CCCCCNC(N)=O. The quantitative estimate of drug-likeness (QED) is 0.738. The number of hydrogen-bond donors (Lipinski definition) is 3. The summed E-state index contributed by atoms with van der Waals surface area (Å²) in [5, 5.41) is 6.47. The molecule has 0 atom stereocenters. The van der Waals surface area contributed by atoms with Crippen LogP contribution in [0.4, 0.5) is 10.5 Å². The zero-order valence-electron chi connectivity index (χ0n) is 11.8. The van der Waals surface area contributed by atoms with Gasteiger partial charge in [0.2, 0.25) is 0 Å². The average Bonchev–Trinajstić information content (AvgIpc) is 2.69. The second kappa shape index (κ2) is 9.61. The fourth-order valence-corrected chi connectivity index (χ4v) is 1.63. The Morgan fingerprint density at radius 2 is 2.15 bits per heavy atom. The molecule has 0 unspecified atom stereocenters. The van der Waals surface area contributed by atoms with E-state index in [-0.39, 0.29) is 0 Å². The van der Waals surface area contributed by atoms with Crippen molar-refractivity contribution in [3.05, 3.63) is 35.9 Å². The molecule has 20 heavy (non-hydrogen) atoms. The number of hydrogen-bond acceptors (Lipinski definition) is 3. The summed E-state index contributed by atoms with van der Waals surface area (Å²) in [5.74, 6) is 0. The first kappa shape index (κ1) is 15.8. The number of nitrogens with zero attached hydrogens (tertiary/aromatic N) is 1. The number of unbranched alkanes of at least 4 members (excludes halogenated alkanes) is 2. The maximum atomic E-state index is 10.1. The van der Waals surface area contributed by atoms with Gasteiger partial charge < -0.3 is 11.1 Å². The van der Waals surface area contributed by atoms with Gasteiger partial charge in [-0.15, -0.1) is 0 Å². The Hall–Kier alpha value is -2.30. The van der Waals surface area contributed by atoms with Crippen LogP contribution in [0.25, 0.3) is 6.08 Å². The number of primary amides is 1. The van der Waals surface area contributed by atoms with E-state index in [9.17, 15) is 4.79 Å². The van der Waals surface area contributed by atoms with Gasteiger partial charge in [-0.3, -0.25) is 5.43 Å². The van der Waals surface area contributed by atoms with Crippen LogP contribution in [0.5, 0.6) is 0 Å². The van der Waals surface area contributed by atoms with Crippen molar-refractivity contribution in [3.8, 4) is 0 Å². The maximum Gasteiger partial charge on any atom is 0.312 e. The van der Waals surface area contributed by atoms with Crippen molar-refractivity contribution in [2.75, 3.05) is 12.0 Å². The minimum atomic E-state index is -0.425. The molecule has 0 radical (unpaired) electrons. The lowest BCUT2D eigenvalue weighted by Gasteiger charge is -2.00. The van der Waals surface area contributed by atoms with Gasteiger partial charge in [0, 0.05) is 12.8 Å². The number of allylic oxidation sites excluding steroid dienone is 1. The molecule has 0 saturated heterocycles. The number of fused-ring (bicyclic) bond motifs is 1. The van der Waals surface area contributed by atoms with Gasteiger partial charge in [0.25, 0.3) is 0 Å². The summed E-state index contributed by atoms with van der Waals surface area (Å²) in [5.41, 5.74) is 9.98. The molecule has 2 rings (SSSR count). The number of amides is 2. The highest BCUT2D eigenvalue weighted by molar-refractivity contribution is 5.83. The predicted molar refractivity (Wildman–Crippen MR) is 84.7 cm³/mol. The zero-order chi connectivity index (χ0) is 14.6. The van der Waals surface area contributed by atoms with E-state index in [0.29, 0.717) is 6.54 Å². The first-order chi connectivity index (χ1) is 9.74.